The zero-order valence-corrected chi connectivity index (χ0v) is 18.2. The molecule has 2 aliphatic rings. The molecule has 174 valence electrons. The van der Waals surface area contributed by atoms with Crippen LogP contribution in [0.4, 0.5) is 8.78 Å². The van der Waals surface area contributed by atoms with Gasteiger partial charge in [0.1, 0.15) is 11.6 Å². The van der Waals surface area contributed by atoms with Gasteiger partial charge >= 0.3 is 0 Å². The van der Waals surface area contributed by atoms with Crippen molar-refractivity contribution in [1.29, 1.82) is 0 Å². The molecule has 3 aromatic rings. The summed E-state index contributed by atoms with van der Waals surface area (Å²) < 4.78 is 28.8. The molecule has 9 nitrogen and oxygen atoms in total. The number of piperidine rings is 1. The van der Waals surface area contributed by atoms with Crippen molar-refractivity contribution in [1.82, 2.24) is 34.9 Å². The van der Waals surface area contributed by atoms with Gasteiger partial charge in [-0.25, -0.2) is 18.7 Å². The van der Waals surface area contributed by atoms with Crippen molar-refractivity contribution in [3.05, 3.63) is 30.4 Å². The van der Waals surface area contributed by atoms with Crippen molar-refractivity contribution in [3.8, 4) is 11.3 Å². The Morgan fingerprint density at radius 1 is 1.27 bits per heavy atom. The number of likely N-dealkylation sites (tertiary alicyclic amines) is 1. The molecular formula is C22H25F2N7O2. The van der Waals surface area contributed by atoms with Gasteiger partial charge in [0.15, 0.2) is 5.65 Å². The Balaban J connectivity index is 1.36. The van der Waals surface area contributed by atoms with E-state index in [1.807, 2.05) is 13.1 Å². The van der Waals surface area contributed by atoms with Crippen molar-refractivity contribution in [2.75, 3.05) is 13.1 Å². The van der Waals surface area contributed by atoms with Crippen LogP contribution in [0.15, 0.2) is 24.8 Å². The third kappa shape index (κ3) is 4.31. The first-order valence-electron chi connectivity index (χ1n) is 11.2. The minimum absolute atomic E-state index is 0.00170. The van der Waals surface area contributed by atoms with E-state index in [0.717, 1.165) is 24.9 Å². The van der Waals surface area contributed by atoms with Crippen LogP contribution < -0.4 is 5.32 Å². The van der Waals surface area contributed by atoms with E-state index in [2.05, 4.69) is 25.4 Å². The molecule has 0 spiro atoms. The molecule has 0 aromatic carbocycles. The zero-order chi connectivity index (χ0) is 23.2. The molecule has 2 fully saturated rings. The van der Waals surface area contributed by atoms with Gasteiger partial charge in [0.05, 0.1) is 23.7 Å². The third-order valence-corrected chi connectivity index (χ3v) is 6.33. The molecule has 0 bridgehead atoms. The highest BCUT2D eigenvalue weighted by atomic mass is 19.3. The minimum atomic E-state index is -2.73. The van der Waals surface area contributed by atoms with Crippen LogP contribution in [-0.4, -0.2) is 66.5 Å². The summed E-state index contributed by atoms with van der Waals surface area (Å²) in [4.78, 5) is 39.6. The molecule has 2 N–H and O–H groups in total. The number of rotatable bonds is 6. The minimum Gasteiger partial charge on any atom is -0.344 e. The SMILES string of the molecule is CCn1cc(-c2cnc3[nH]cc(C(=O)N[C@@H](C(=O)N4CCC(F)(F)CC4)C4CC4)c3n2)cn1. The third-order valence-electron chi connectivity index (χ3n) is 6.33. The lowest BCUT2D eigenvalue weighted by molar-refractivity contribution is -0.139. The van der Waals surface area contributed by atoms with Crippen LogP contribution in [0.1, 0.15) is 43.0 Å². The predicted molar refractivity (Wildman–Crippen MR) is 116 cm³/mol. The Morgan fingerprint density at radius 3 is 2.70 bits per heavy atom. The molecule has 4 heterocycles. The van der Waals surface area contributed by atoms with E-state index in [-0.39, 0.29) is 43.3 Å². The summed E-state index contributed by atoms with van der Waals surface area (Å²) >= 11 is 0. The Kier molecular flexibility index (Phi) is 5.34. The first-order chi connectivity index (χ1) is 15.8. The summed E-state index contributed by atoms with van der Waals surface area (Å²) in [6.07, 6.45) is 7.62. The fourth-order valence-corrected chi connectivity index (χ4v) is 4.15. The Bertz CT molecular complexity index is 1190. The topological polar surface area (TPSA) is 109 Å². The fraction of sp³-hybridized carbons (Fsp3) is 0.500. The number of hydrogen-bond donors (Lipinski definition) is 2. The molecule has 11 heteroatoms. The quantitative estimate of drug-likeness (QED) is 0.592. The van der Waals surface area contributed by atoms with Crippen molar-refractivity contribution >= 4 is 23.0 Å². The van der Waals surface area contributed by atoms with E-state index in [0.29, 0.717) is 16.9 Å². The number of halogens is 2. The van der Waals surface area contributed by atoms with Crippen LogP contribution in [0.2, 0.25) is 0 Å². The largest absolute Gasteiger partial charge is 0.344 e. The molecule has 0 radical (unpaired) electrons. The Labute approximate surface area is 188 Å². The van der Waals surface area contributed by atoms with Gasteiger partial charge < -0.3 is 15.2 Å². The summed E-state index contributed by atoms with van der Waals surface area (Å²) in [5, 5.41) is 7.09. The average molecular weight is 457 g/mol. The molecule has 33 heavy (non-hydrogen) atoms. The molecule has 1 aliphatic carbocycles. The number of amides is 2. The molecule has 1 saturated heterocycles. The summed E-state index contributed by atoms with van der Waals surface area (Å²) in [6.45, 7) is 2.70. The van der Waals surface area contributed by atoms with E-state index in [1.165, 1.54) is 11.1 Å². The van der Waals surface area contributed by atoms with Crippen LogP contribution in [0, 0.1) is 5.92 Å². The van der Waals surface area contributed by atoms with Gasteiger partial charge in [0.2, 0.25) is 5.91 Å². The number of carbonyl (C=O) groups excluding carboxylic acids is 2. The maximum atomic E-state index is 13.5. The number of carbonyl (C=O) groups is 2. The zero-order valence-electron chi connectivity index (χ0n) is 18.2. The van der Waals surface area contributed by atoms with Gasteiger partial charge in [0.25, 0.3) is 11.8 Å². The number of nitrogens with zero attached hydrogens (tertiary/aromatic N) is 5. The average Bonchev–Trinajstić information content (AvgIpc) is 3.37. The number of aromatic amines is 1. The fourth-order valence-electron chi connectivity index (χ4n) is 4.15. The lowest BCUT2D eigenvalue weighted by Crippen LogP contribution is -2.53. The molecule has 1 saturated carbocycles. The standard InChI is InChI=1S/C22H25F2N7O2/c1-2-31-12-14(9-27-31)16-11-26-19-18(28-16)15(10-25-19)20(32)29-17(13-3-4-13)21(33)30-7-5-22(23,24)6-8-30/h9-13,17H,2-8H2,1H3,(H,25,26)(H,29,32)/t17-/m1/s1. The lowest BCUT2D eigenvalue weighted by atomic mass is 10.0. The summed E-state index contributed by atoms with van der Waals surface area (Å²) in [5.74, 6) is -3.44. The van der Waals surface area contributed by atoms with Gasteiger partial charge in [-0.3, -0.25) is 14.3 Å². The van der Waals surface area contributed by atoms with Crippen LogP contribution in [0.3, 0.4) is 0 Å². The van der Waals surface area contributed by atoms with Crippen LogP contribution >= 0.6 is 0 Å². The summed E-state index contributed by atoms with van der Waals surface area (Å²) in [6, 6.07) is -0.729. The van der Waals surface area contributed by atoms with E-state index >= 15 is 0 Å². The van der Waals surface area contributed by atoms with E-state index in [4.69, 9.17) is 0 Å². The van der Waals surface area contributed by atoms with E-state index < -0.39 is 17.9 Å². The summed E-state index contributed by atoms with van der Waals surface area (Å²) in [5.41, 5.74) is 2.51. The van der Waals surface area contributed by atoms with Crippen molar-refractivity contribution in [2.24, 2.45) is 5.92 Å². The summed E-state index contributed by atoms with van der Waals surface area (Å²) in [7, 11) is 0. The van der Waals surface area contributed by atoms with Gasteiger partial charge in [0, 0.05) is 50.4 Å². The highest BCUT2D eigenvalue weighted by Gasteiger charge is 2.42. The maximum Gasteiger partial charge on any atom is 0.255 e. The Morgan fingerprint density at radius 2 is 2.03 bits per heavy atom. The van der Waals surface area contributed by atoms with Gasteiger partial charge in [-0.05, 0) is 25.7 Å². The molecule has 3 aromatic heterocycles. The van der Waals surface area contributed by atoms with Gasteiger partial charge in [-0.15, -0.1) is 0 Å². The van der Waals surface area contributed by atoms with Crippen molar-refractivity contribution in [3.63, 3.8) is 0 Å². The van der Waals surface area contributed by atoms with Gasteiger partial charge in [-0.2, -0.15) is 5.10 Å². The molecular weight excluding hydrogens is 432 g/mol. The molecule has 2 amide bonds. The number of aryl methyl sites for hydroxylation is 1. The Hall–Kier alpha value is -3.37. The monoisotopic (exact) mass is 457 g/mol. The number of alkyl halides is 2. The second kappa shape index (κ2) is 8.20. The molecule has 0 unspecified atom stereocenters. The first kappa shape index (κ1) is 21.5. The smallest absolute Gasteiger partial charge is 0.255 e. The molecule has 1 aliphatic heterocycles. The number of fused-ring (bicyclic) bond motifs is 1. The number of nitrogens with one attached hydrogen (secondary N) is 2. The first-order valence-corrected chi connectivity index (χ1v) is 11.2. The van der Waals surface area contributed by atoms with Crippen molar-refractivity contribution in [2.45, 2.75) is 51.1 Å². The normalized spacial score (nSPS) is 18.9. The highest BCUT2D eigenvalue weighted by molar-refractivity contribution is 6.06. The van der Waals surface area contributed by atoms with Crippen LogP contribution in [0.5, 0.6) is 0 Å². The highest BCUT2D eigenvalue weighted by Crippen LogP contribution is 2.35. The second-order valence-electron chi connectivity index (χ2n) is 8.71. The van der Waals surface area contributed by atoms with Crippen LogP contribution in [0.25, 0.3) is 22.4 Å². The van der Waals surface area contributed by atoms with Crippen LogP contribution in [-0.2, 0) is 11.3 Å². The predicted octanol–water partition coefficient (Wildman–Crippen LogP) is 2.61. The molecule has 5 rings (SSSR count). The lowest BCUT2D eigenvalue weighted by Gasteiger charge is -2.34. The maximum absolute atomic E-state index is 13.5. The number of hydrogen-bond acceptors (Lipinski definition) is 5. The molecule has 1 atom stereocenters. The van der Waals surface area contributed by atoms with Gasteiger partial charge in [-0.1, -0.05) is 0 Å². The van der Waals surface area contributed by atoms with E-state index in [9.17, 15) is 18.4 Å². The van der Waals surface area contributed by atoms with Crippen molar-refractivity contribution < 1.29 is 18.4 Å². The number of H-pyrrole nitrogens is 1. The van der Waals surface area contributed by atoms with E-state index in [1.54, 1.807) is 17.1 Å². The second-order valence-corrected chi connectivity index (χ2v) is 8.71. The number of aromatic nitrogens is 5.